The van der Waals surface area contributed by atoms with Gasteiger partial charge in [0.15, 0.2) is 0 Å². The van der Waals surface area contributed by atoms with Gasteiger partial charge < -0.3 is 5.32 Å². The Balaban J connectivity index is 3.74. The first-order valence-electron chi connectivity index (χ1n) is 4.34. The molecule has 0 spiro atoms. The van der Waals surface area contributed by atoms with Crippen LogP contribution >= 0.6 is 31.9 Å². The maximum Gasteiger partial charge on any atom is 0.233 e. The molecule has 0 aromatic heterocycles. The molecule has 1 N–H and O–H groups in total. The average Bonchev–Trinajstić information content (AvgIpc) is 1.99. The van der Waals surface area contributed by atoms with Crippen LogP contribution in [0.4, 0.5) is 0 Å². The SMILES string of the molecule is CC(C)(C)CNC(=O)C(Br)CCBr. The topological polar surface area (TPSA) is 29.1 Å². The number of rotatable bonds is 4. The van der Waals surface area contributed by atoms with Gasteiger partial charge in [-0.15, -0.1) is 0 Å². The lowest BCUT2D eigenvalue weighted by Gasteiger charge is -2.19. The number of alkyl halides is 2. The van der Waals surface area contributed by atoms with E-state index in [4.69, 9.17) is 0 Å². The van der Waals surface area contributed by atoms with Crippen LogP contribution in [-0.4, -0.2) is 22.6 Å². The molecule has 0 radical (unpaired) electrons. The first-order valence-corrected chi connectivity index (χ1v) is 6.38. The number of nitrogens with one attached hydrogen (secondary N) is 1. The standard InChI is InChI=1S/C9H17Br2NO/c1-9(2,3)6-12-8(13)7(11)4-5-10/h7H,4-6H2,1-3H3,(H,12,13). The predicted octanol–water partition coefficient (Wildman–Crippen LogP) is 2.70. The van der Waals surface area contributed by atoms with Gasteiger partial charge >= 0.3 is 0 Å². The summed E-state index contributed by atoms with van der Waals surface area (Å²) < 4.78 is 0. The molecular formula is C9H17Br2NO. The van der Waals surface area contributed by atoms with E-state index in [0.29, 0.717) is 0 Å². The van der Waals surface area contributed by atoms with Gasteiger partial charge in [-0.05, 0) is 11.8 Å². The van der Waals surface area contributed by atoms with E-state index in [2.05, 4.69) is 57.9 Å². The summed E-state index contributed by atoms with van der Waals surface area (Å²) in [5, 5.41) is 3.74. The molecule has 0 aromatic carbocycles. The van der Waals surface area contributed by atoms with Crippen molar-refractivity contribution in [2.75, 3.05) is 11.9 Å². The van der Waals surface area contributed by atoms with Gasteiger partial charge in [-0.3, -0.25) is 4.79 Å². The summed E-state index contributed by atoms with van der Waals surface area (Å²) in [4.78, 5) is 11.3. The molecule has 0 fully saturated rings. The lowest BCUT2D eigenvalue weighted by atomic mass is 9.97. The third-order valence-electron chi connectivity index (χ3n) is 1.44. The second kappa shape index (κ2) is 6.02. The minimum absolute atomic E-state index is 0.0748. The number of halogens is 2. The van der Waals surface area contributed by atoms with E-state index < -0.39 is 0 Å². The van der Waals surface area contributed by atoms with Crippen molar-refractivity contribution in [1.29, 1.82) is 0 Å². The molecule has 13 heavy (non-hydrogen) atoms. The van der Waals surface area contributed by atoms with Gasteiger partial charge in [0, 0.05) is 11.9 Å². The van der Waals surface area contributed by atoms with Crippen molar-refractivity contribution in [1.82, 2.24) is 5.32 Å². The summed E-state index contributed by atoms with van der Waals surface area (Å²) in [7, 11) is 0. The molecule has 78 valence electrons. The maximum absolute atomic E-state index is 11.4. The van der Waals surface area contributed by atoms with E-state index >= 15 is 0 Å². The summed E-state index contributed by atoms with van der Waals surface area (Å²) >= 11 is 6.63. The van der Waals surface area contributed by atoms with Crippen LogP contribution < -0.4 is 5.32 Å². The van der Waals surface area contributed by atoms with Crippen LogP contribution in [0.2, 0.25) is 0 Å². The molecule has 0 rings (SSSR count). The fraction of sp³-hybridized carbons (Fsp3) is 0.889. The normalized spacial score (nSPS) is 13.9. The van der Waals surface area contributed by atoms with E-state index in [9.17, 15) is 4.79 Å². The van der Waals surface area contributed by atoms with E-state index in [1.165, 1.54) is 0 Å². The summed E-state index contributed by atoms with van der Waals surface area (Å²) in [6.45, 7) is 7.01. The molecule has 0 heterocycles. The number of carbonyl (C=O) groups is 1. The first-order chi connectivity index (χ1) is 5.87. The second-order valence-electron chi connectivity index (χ2n) is 4.22. The molecule has 4 heteroatoms. The lowest BCUT2D eigenvalue weighted by molar-refractivity contribution is -0.120. The van der Waals surface area contributed by atoms with Gasteiger partial charge in [0.1, 0.15) is 0 Å². The van der Waals surface area contributed by atoms with E-state index in [1.807, 2.05) is 0 Å². The third kappa shape index (κ3) is 7.50. The monoisotopic (exact) mass is 313 g/mol. The van der Waals surface area contributed by atoms with Crippen molar-refractivity contribution in [2.24, 2.45) is 5.41 Å². The zero-order valence-electron chi connectivity index (χ0n) is 8.36. The molecule has 0 saturated carbocycles. The Morgan fingerprint density at radius 1 is 1.46 bits per heavy atom. The molecule has 1 unspecified atom stereocenters. The summed E-state index contributed by atoms with van der Waals surface area (Å²) in [6, 6.07) is 0. The van der Waals surface area contributed by atoms with Gasteiger partial charge in [-0.25, -0.2) is 0 Å². The maximum atomic E-state index is 11.4. The Labute approximate surface area is 97.1 Å². The summed E-state index contributed by atoms with van der Waals surface area (Å²) in [6.07, 6.45) is 0.815. The number of hydrogen-bond acceptors (Lipinski definition) is 1. The molecule has 0 aliphatic carbocycles. The van der Waals surface area contributed by atoms with Crippen molar-refractivity contribution in [3.8, 4) is 0 Å². The van der Waals surface area contributed by atoms with Gasteiger partial charge in [-0.2, -0.15) is 0 Å². The fourth-order valence-corrected chi connectivity index (χ4v) is 2.15. The van der Waals surface area contributed by atoms with Crippen molar-refractivity contribution < 1.29 is 4.79 Å². The number of carbonyl (C=O) groups excluding carboxylic acids is 1. The summed E-state index contributed by atoms with van der Waals surface area (Å²) in [5.41, 5.74) is 0.150. The largest absolute Gasteiger partial charge is 0.355 e. The Bertz CT molecular complexity index is 165. The number of amides is 1. The van der Waals surface area contributed by atoms with Crippen molar-refractivity contribution >= 4 is 37.8 Å². The zero-order valence-corrected chi connectivity index (χ0v) is 11.5. The van der Waals surface area contributed by atoms with Gasteiger partial charge in [-0.1, -0.05) is 52.6 Å². The summed E-state index contributed by atoms with van der Waals surface area (Å²) in [5.74, 6) is 0.0781. The minimum Gasteiger partial charge on any atom is -0.355 e. The number of hydrogen-bond donors (Lipinski definition) is 1. The quantitative estimate of drug-likeness (QED) is 0.794. The highest BCUT2D eigenvalue weighted by Gasteiger charge is 2.16. The third-order valence-corrected chi connectivity index (χ3v) is 2.77. The van der Waals surface area contributed by atoms with E-state index in [0.717, 1.165) is 18.3 Å². The van der Waals surface area contributed by atoms with Crippen molar-refractivity contribution in [3.05, 3.63) is 0 Å². The predicted molar refractivity (Wildman–Crippen MR) is 63.6 cm³/mol. The van der Waals surface area contributed by atoms with Crippen LogP contribution in [0, 0.1) is 5.41 Å². The van der Waals surface area contributed by atoms with Crippen LogP contribution in [-0.2, 0) is 4.79 Å². The van der Waals surface area contributed by atoms with E-state index in [1.54, 1.807) is 0 Å². The smallest absolute Gasteiger partial charge is 0.233 e. The van der Waals surface area contributed by atoms with Crippen molar-refractivity contribution in [2.45, 2.75) is 32.0 Å². The molecule has 0 saturated heterocycles. The molecule has 0 aliphatic rings. The molecule has 1 amide bonds. The molecule has 1 atom stereocenters. The van der Waals surface area contributed by atoms with Gasteiger partial charge in [0.25, 0.3) is 0 Å². The molecule has 2 nitrogen and oxygen atoms in total. The van der Waals surface area contributed by atoms with Crippen LogP contribution in [0.15, 0.2) is 0 Å². The molecule has 0 aliphatic heterocycles. The Morgan fingerprint density at radius 3 is 2.38 bits per heavy atom. The first kappa shape index (κ1) is 13.4. The second-order valence-corrected chi connectivity index (χ2v) is 6.12. The Hall–Kier alpha value is 0.430. The van der Waals surface area contributed by atoms with Crippen LogP contribution in [0.5, 0.6) is 0 Å². The Morgan fingerprint density at radius 2 is 2.00 bits per heavy atom. The molecular weight excluding hydrogens is 298 g/mol. The van der Waals surface area contributed by atoms with Crippen LogP contribution in [0.25, 0.3) is 0 Å². The van der Waals surface area contributed by atoms with Crippen molar-refractivity contribution in [3.63, 3.8) is 0 Å². The highest BCUT2D eigenvalue weighted by atomic mass is 79.9. The fourth-order valence-electron chi connectivity index (χ4n) is 0.690. The average molecular weight is 315 g/mol. The van der Waals surface area contributed by atoms with E-state index in [-0.39, 0.29) is 16.1 Å². The molecule has 0 bridgehead atoms. The highest BCUT2D eigenvalue weighted by molar-refractivity contribution is 9.10. The highest BCUT2D eigenvalue weighted by Crippen LogP contribution is 2.12. The van der Waals surface area contributed by atoms with Crippen LogP contribution in [0.1, 0.15) is 27.2 Å². The Kier molecular flexibility index (Phi) is 6.21. The lowest BCUT2D eigenvalue weighted by Crippen LogP contribution is -2.37. The minimum atomic E-state index is -0.0748. The van der Waals surface area contributed by atoms with Crippen LogP contribution in [0.3, 0.4) is 0 Å². The van der Waals surface area contributed by atoms with Gasteiger partial charge in [0.2, 0.25) is 5.91 Å². The molecule has 0 aromatic rings. The van der Waals surface area contributed by atoms with Gasteiger partial charge in [0.05, 0.1) is 4.83 Å². The zero-order chi connectivity index (χ0) is 10.5.